The van der Waals surface area contributed by atoms with Crippen LogP contribution in [0.3, 0.4) is 0 Å². The van der Waals surface area contributed by atoms with Crippen molar-refractivity contribution >= 4 is 0 Å². The van der Waals surface area contributed by atoms with E-state index < -0.39 is 0 Å². The number of nitrogens with one attached hydrogen (secondary N) is 1. The molecular weight excluding hydrogens is 406 g/mol. The molecule has 0 aliphatic carbocycles. The van der Waals surface area contributed by atoms with Gasteiger partial charge in [0.1, 0.15) is 12.3 Å². The Kier molecular flexibility index (Phi) is 9.42. The zero-order valence-corrected chi connectivity index (χ0v) is 20.7. The van der Waals surface area contributed by atoms with E-state index in [0.29, 0.717) is 11.5 Å². The van der Waals surface area contributed by atoms with Crippen LogP contribution in [0.4, 0.5) is 0 Å². The first kappa shape index (κ1) is 25.7. The van der Waals surface area contributed by atoms with Crippen molar-refractivity contribution < 1.29 is 26.8 Å². The third-order valence-corrected chi connectivity index (χ3v) is 6.73. The summed E-state index contributed by atoms with van der Waals surface area (Å²) in [6.45, 7) is 12.3. The van der Waals surface area contributed by atoms with Crippen molar-refractivity contribution in [3.63, 3.8) is 0 Å². The van der Waals surface area contributed by atoms with Crippen molar-refractivity contribution in [1.29, 1.82) is 0 Å². The molecule has 2 aromatic carbocycles. The molecule has 3 nitrogen and oxygen atoms in total. The van der Waals surface area contributed by atoms with Crippen LogP contribution in [0.1, 0.15) is 58.1 Å². The van der Waals surface area contributed by atoms with Crippen molar-refractivity contribution in [1.82, 2.24) is 0 Å². The number of methoxy groups -OCH3 is 1. The summed E-state index contributed by atoms with van der Waals surface area (Å²) in [6.07, 6.45) is 4.66. The van der Waals surface area contributed by atoms with Crippen LogP contribution in [0.5, 0.6) is 5.75 Å². The molecule has 0 saturated carbocycles. The predicted octanol–water partition coefficient (Wildman–Crippen LogP) is 1.70. The van der Waals surface area contributed by atoms with Gasteiger partial charge in [-0.2, -0.15) is 0 Å². The molecule has 31 heavy (non-hydrogen) atoms. The zero-order valence-electron chi connectivity index (χ0n) is 19.9. The highest BCUT2D eigenvalue weighted by Crippen LogP contribution is 2.43. The molecule has 3 rings (SSSR count). The molecule has 1 fully saturated rings. The third-order valence-electron chi connectivity index (χ3n) is 6.73. The minimum absolute atomic E-state index is 0. The molecule has 172 valence electrons. The van der Waals surface area contributed by atoms with E-state index in [1.165, 1.54) is 24.1 Å². The fraction of sp³-hybridized carbons (Fsp3) is 0.556. The summed E-state index contributed by atoms with van der Waals surface area (Å²) in [6, 6.07) is 20.2. The maximum absolute atomic E-state index is 6.11. The van der Waals surface area contributed by atoms with E-state index in [2.05, 4.69) is 82.3 Å². The molecule has 1 aliphatic rings. The zero-order chi connectivity index (χ0) is 21.6. The van der Waals surface area contributed by atoms with Crippen LogP contribution in [0.2, 0.25) is 0 Å². The summed E-state index contributed by atoms with van der Waals surface area (Å²) < 4.78 is 11.4. The lowest BCUT2D eigenvalue weighted by molar-refractivity contribution is -0.935. The van der Waals surface area contributed by atoms with E-state index in [1.54, 1.807) is 12.0 Å². The SMILES string of the molecule is COc1ccc(C[NH+](CCC2(Cc3ccccc3)CCOC(C)(C)C2)C(C)C)cc1.[Cl-]. The molecule has 1 N–H and O–H groups in total. The fourth-order valence-corrected chi connectivity index (χ4v) is 5.08. The average molecular weight is 446 g/mol. The van der Waals surface area contributed by atoms with E-state index >= 15 is 0 Å². The van der Waals surface area contributed by atoms with E-state index in [9.17, 15) is 0 Å². The van der Waals surface area contributed by atoms with Gasteiger partial charge in [-0.25, -0.2) is 0 Å². The van der Waals surface area contributed by atoms with Gasteiger partial charge in [0.15, 0.2) is 0 Å². The van der Waals surface area contributed by atoms with Crippen LogP contribution in [-0.4, -0.2) is 31.9 Å². The minimum atomic E-state index is -0.0407. The third kappa shape index (κ3) is 7.52. The van der Waals surface area contributed by atoms with Crippen molar-refractivity contribution in [2.45, 2.75) is 71.6 Å². The standard InChI is InChI=1S/C27H39NO2.ClH/c1-22(2)28(20-24-11-13-25(29-5)14-12-24)17-15-27(16-18-30-26(3,4)21-27)19-23-9-7-6-8-10-23;/h6-14,22H,15-21H2,1-5H3;1H. The Bertz CT molecular complexity index is 776. The Hall–Kier alpha value is -1.55. The van der Waals surface area contributed by atoms with Gasteiger partial charge in [-0.3, -0.25) is 0 Å². The number of ether oxygens (including phenoxy) is 2. The lowest BCUT2D eigenvalue weighted by Gasteiger charge is -2.45. The van der Waals surface area contributed by atoms with E-state index in [-0.39, 0.29) is 18.0 Å². The highest BCUT2D eigenvalue weighted by molar-refractivity contribution is 5.26. The Morgan fingerprint density at radius 2 is 1.68 bits per heavy atom. The summed E-state index contributed by atoms with van der Waals surface area (Å²) >= 11 is 0. The molecule has 2 atom stereocenters. The summed E-state index contributed by atoms with van der Waals surface area (Å²) in [4.78, 5) is 1.65. The lowest BCUT2D eigenvalue weighted by atomic mass is 9.68. The van der Waals surface area contributed by atoms with Crippen molar-refractivity contribution in [2.24, 2.45) is 5.41 Å². The molecular formula is C27H40ClNO2. The molecule has 2 unspecified atom stereocenters. The van der Waals surface area contributed by atoms with E-state index in [4.69, 9.17) is 9.47 Å². The van der Waals surface area contributed by atoms with Gasteiger partial charge in [0.05, 0.1) is 25.3 Å². The van der Waals surface area contributed by atoms with Crippen LogP contribution in [-0.2, 0) is 17.7 Å². The first-order chi connectivity index (χ1) is 14.3. The number of hydrogen-bond acceptors (Lipinski definition) is 2. The largest absolute Gasteiger partial charge is 1.00 e. The number of halogens is 1. The first-order valence-electron chi connectivity index (χ1n) is 11.5. The normalized spacial score (nSPS) is 21.4. The second kappa shape index (κ2) is 11.4. The molecule has 1 saturated heterocycles. The first-order valence-corrected chi connectivity index (χ1v) is 11.5. The van der Waals surface area contributed by atoms with Gasteiger partial charge in [0.2, 0.25) is 0 Å². The van der Waals surface area contributed by atoms with Crippen LogP contribution < -0.4 is 22.0 Å². The highest BCUT2D eigenvalue weighted by Gasteiger charge is 2.41. The summed E-state index contributed by atoms with van der Waals surface area (Å²) in [5.41, 5.74) is 3.10. The number of quaternary nitrogens is 1. The molecule has 2 aromatic rings. The second-order valence-corrected chi connectivity index (χ2v) is 10.0. The maximum Gasteiger partial charge on any atom is 0.118 e. The van der Waals surface area contributed by atoms with Crippen molar-refractivity contribution in [3.8, 4) is 5.75 Å². The van der Waals surface area contributed by atoms with Gasteiger partial charge in [0, 0.05) is 18.6 Å². The van der Waals surface area contributed by atoms with Gasteiger partial charge >= 0.3 is 0 Å². The second-order valence-electron chi connectivity index (χ2n) is 10.0. The maximum atomic E-state index is 6.11. The quantitative estimate of drug-likeness (QED) is 0.635. The molecule has 0 bridgehead atoms. The van der Waals surface area contributed by atoms with Gasteiger partial charge in [-0.1, -0.05) is 30.3 Å². The van der Waals surface area contributed by atoms with E-state index in [1.807, 2.05) is 0 Å². The molecule has 0 aromatic heterocycles. The molecule has 0 radical (unpaired) electrons. The Morgan fingerprint density at radius 3 is 2.26 bits per heavy atom. The molecule has 1 heterocycles. The van der Waals surface area contributed by atoms with Crippen molar-refractivity contribution in [2.75, 3.05) is 20.3 Å². The monoisotopic (exact) mass is 445 g/mol. The van der Waals surface area contributed by atoms with Crippen molar-refractivity contribution in [3.05, 3.63) is 65.7 Å². The Morgan fingerprint density at radius 1 is 1.00 bits per heavy atom. The fourth-order valence-electron chi connectivity index (χ4n) is 5.08. The Balaban J connectivity index is 0.00000341. The smallest absolute Gasteiger partial charge is 0.118 e. The number of benzene rings is 2. The molecule has 4 heteroatoms. The van der Waals surface area contributed by atoms with E-state index in [0.717, 1.165) is 38.2 Å². The predicted molar refractivity (Wildman–Crippen MR) is 124 cm³/mol. The van der Waals surface area contributed by atoms with Gasteiger partial charge in [0.25, 0.3) is 0 Å². The van der Waals surface area contributed by atoms with Gasteiger partial charge in [-0.15, -0.1) is 0 Å². The lowest BCUT2D eigenvalue weighted by Crippen LogP contribution is -3.13. The summed E-state index contributed by atoms with van der Waals surface area (Å²) in [5, 5.41) is 0. The topological polar surface area (TPSA) is 22.9 Å². The van der Waals surface area contributed by atoms with Crippen LogP contribution in [0, 0.1) is 5.41 Å². The molecule has 0 amide bonds. The van der Waals surface area contributed by atoms with Gasteiger partial charge < -0.3 is 26.8 Å². The number of rotatable bonds is 9. The molecule has 0 spiro atoms. The average Bonchev–Trinajstić information content (AvgIpc) is 2.71. The minimum Gasteiger partial charge on any atom is -1.00 e. The highest BCUT2D eigenvalue weighted by atomic mass is 35.5. The van der Waals surface area contributed by atoms with Crippen LogP contribution in [0.25, 0.3) is 0 Å². The summed E-state index contributed by atoms with van der Waals surface area (Å²) in [5.74, 6) is 0.927. The number of hydrogen-bond donors (Lipinski definition) is 1. The van der Waals surface area contributed by atoms with Crippen LogP contribution in [0.15, 0.2) is 54.6 Å². The molecule has 1 aliphatic heterocycles. The van der Waals surface area contributed by atoms with Gasteiger partial charge in [-0.05, 0) is 82.2 Å². The summed E-state index contributed by atoms with van der Waals surface area (Å²) in [7, 11) is 1.72. The Labute approximate surface area is 195 Å². The van der Waals surface area contributed by atoms with Crippen LogP contribution >= 0.6 is 0 Å².